The van der Waals surface area contributed by atoms with Gasteiger partial charge in [-0.1, -0.05) is 6.07 Å². The first-order valence-corrected chi connectivity index (χ1v) is 8.81. The number of hydrogen-bond acceptors (Lipinski definition) is 4. The predicted molar refractivity (Wildman–Crippen MR) is 100 cm³/mol. The van der Waals surface area contributed by atoms with Crippen LogP contribution in [0.15, 0.2) is 48.5 Å². The molecule has 0 aromatic heterocycles. The van der Waals surface area contributed by atoms with Crippen molar-refractivity contribution in [2.24, 2.45) is 0 Å². The van der Waals surface area contributed by atoms with Crippen molar-refractivity contribution in [2.45, 2.75) is 0 Å². The van der Waals surface area contributed by atoms with Crippen LogP contribution in [0, 0.1) is 5.82 Å². The van der Waals surface area contributed by atoms with E-state index in [1.807, 2.05) is 12.1 Å². The molecule has 0 radical (unpaired) electrons. The summed E-state index contributed by atoms with van der Waals surface area (Å²) in [6.07, 6.45) is 0. The minimum atomic E-state index is -0.396. The van der Waals surface area contributed by atoms with Crippen molar-refractivity contribution in [3.63, 3.8) is 0 Å². The van der Waals surface area contributed by atoms with Crippen molar-refractivity contribution in [2.75, 3.05) is 51.3 Å². The van der Waals surface area contributed by atoms with Gasteiger partial charge >= 0.3 is 0 Å². The number of carbonyl (C=O) groups excluding carboxylic acids is 1. The van der Waals surface area contributed by atoms with Crippen LogP contribution >= 0.6 is 0 Å². The van der Waals surface area contributed by atoms with Crippen molar-refractivity contribution >= 4 is 11.6 Å². The third-order valence-corrected chi connectivity index (χ3v) is 4.61. The lowest BCUT2D eigenvalue weighted by molar-refractivity contribution is 0.0947. The van der Waals surface area contributed by atoms with Gasteiger partial charge in [0.15, 0.2) is 0 Å². The van der Waals surface area contributed by atoms with Gasteiger partial charge in [0.25, 0.3) is 5.91 Å². The number of carbonyl (C=O) groups is 1. The van der Waals surface area contributed by atoms with Gasteiger partial charge in [0.05, 0.1) is 7.11 Å². The maximum absolute atomic E-state index is 13.2. The molecule has 0 atom stereocenters. The number of amides is 1. The summed E-state index contributed by atoms with van der Waals surface area (Å²) >= 11 is 0. The fourth-order valence-electron chi connectivity index (χ4n) is 3.08. The lowest BCUT2D eigenvalue weighted by atomic mass is 10.2. The zero-order valence-corrected chi connectivity index (χ0v) is 15.0. The average molecular weight is 357 g/mol. The van der Waals surface area contributed by atoms with E-state index in [-0.39, 0.29) is 5.91 Å². The molecule has 26 heavy (non-hydrogen) atoms. The molecule has 1 N–H and O–H groups in total. The summed E-state index contributed by atoms with van der Waals surface area (Å²) in [6.45, 7) is 5.13. The van der Waals surface area contributed by atoms with Crippen LogP contribution in [0.1, 0.15) is 10.4 Å². The normalized spacial score (nSPS) is 14.9. The maximum Gasteiger partial charge on any atom is 0.251 e. The number of ether oxygens (including phenoxy) is 1. The number of piperazine rings is 1. The van der Waals surface area contributed by atoms with E-state index in [0.717, 1.165) is 38.5 Å². The van der Waals surface area contributed by atoms with Gasteiger partial charge < -0.3 is 15.0 Å². The quantitative estimate of drug-likeness (QED) is 0.862. The van der Waals surface area contributed by atoms with Crippen molar-refractivity contribution in [1.29, 1.82) is 0 Å². The summed E-state index contributed by atoms with van der Waals surface area (Å²) in [7, 11) is 1.67. The van der Waals surface area contributed by atoms with E-state index < -0.39 is 5.82 Å². The summed E-state index contributed by atoms with van der Waals surface area (Å²) < 4.78 is 18.4. The van der Waals surface area contributed by atoms with Crippen LogP contribution < -0.4 is 15.0 Å². The van der Waals surface area contributed by atoms with Crippen molar-refractivity contribution in [3.8, 4) is 5.75 Å². The summed E-state index contributed by atoms with van der Waals surface area (Å²) in [6, 6.07) is 13.9. The molecule has 0 bridgehead atoms. The molecule has 2 aromatic carbocycles. The highest BCUT2D eigenvalue weighted by Crippen LogP contribution is 2.20. The van der Waals surface area contributed by atoms with Gasteiger partial charge in [-0.3, -0.25) is 9.69 Å². The number of hydrogen-bond donors (Lipinski definition) is 1. The molecule has 1 aliphatic rings. The summed E-state index contributed by atoms with van der Waals surface area (Å²) in [5, 5.41) is 2.85. The molecule has 1 amide bonds. The number of rotatable bonds is 6. The van der Waals surface area contributed by atoms with Crippen LogP contribution in [0.2, 0.25) is 0 Å². The largest absolute Gasteiger partial charge is 0.497 e. The number of nitrogens with zero attached hydrogens (tertiary/aromatic N) is 2. The Balaban J connectivity index is 1.40. The molecular formula is C20H24FN3O2. The van der Waals surface area contributed by atoms with Gasteiger partial charge in [-0.15, -0.1) is 0 Å². The zero-order valence-electron chi connectivity index (χ0n) is 15.0. The molecule has 1 saturated heterocycles. The third-order valence-electron chi connectivity index (χ3n) is 4.61. The van der Waals surface area contributed by atoms with E-state index in [1.54, 1.807) is 19.2 Å². The second kappa shape index (κ2) is 8.67. The van der Waals surface area contributed by atoms with E-state index in [4.69, 9.17) is 4.74 Å². The van der Waals surface area contributed by atoms with E-state index in [0.29, 0.717) is 12.1 Å². The first-order valence-electron chi connectivity index (χ1n) is 8.81. The molecule has 1 heterocycles. The van der Waals surface area contributed by atoms with Gasteiger partial charge in [-0.2, -0.15) is 0 Å². The topological polar surface area (TPSA) is 44.8 Å². The van der Waals surface area contributed by atoms with E-state index in [1.165, 1.54) is 17.8 Å². The molecule has 6 heteroatoms. The van der Waals surface area contributed by atoms with Gasteiger partial charge in [0, 0.05) is 50.5 Å². The monoisotopic (exact) mass is 357 g/mol. The van der Waals surface area contributed by atoms with Crippen LogP contribution in [0.5, 0.6) is 5.75 Å². The number of methoxy groups -OCH3 is 1. The fourth-order valence-corrected chi connectivity index (χ4v) is 3.08. The Labute approximate surface area is 153 Å². The zero-order chi connectivity index (χ0) is 18.4. The molecular weight excluding hydrogens is 333 g/mol. The number of anilines is 1. The Morgan fingerprint density at radius 3 is 2.50 bits per heavy atom. The Bertz CT molecular complexity index is 728. The Kier molecular flexibility index (Phi) is 6.07. The average Bonchev–Trinajstić information content (AvgIpc) is 2.68. The first kappa shape index (κ1) is 18.2. The van der Waals surface area contributed by atoms with E-state index in [9.17, 15) is 9.18 Å². The second-order valence-corrected chi connectivity index (χ2v) is 6.29. The van der Waals surface area contributed by atoms with Crippen molar-refractivity contribution < 1.29 is 13.9 Å². The van der Waals surface area contributed by atoms with Crippen LogP contribution in [0.4, 0.5) is 10.1 Å². The number of halogens is 1. The van der Waals surface area contributed by atoms with Gasteiger partial charge in [-0.25, -0.2) is 4.39 Å². The summed E-state index contributed by atoms with van der Waals surface area (Å²) in [5.74, 6) is 0.232. The summed E-state index contributed by atoms with van der Waals surface area (Å²) in [5.41, 5.74) is 1.55. The number of benzene rings is 2. The molecule has 5 nitrogen and oxygen atoms in total. The molecule has 138 valence electrons. The maximum atomic E-state index is 13.2. The van der Waals surface area contributed by atoms with Crippen molar-refractivity contribution in [1.82, 2.24) is 10.2 Å². The summed E-state index contributed by atoms with van der Waals surface area (Å²) in [4.78, 5) is 16.7. The van der Waals surface area contributed by atoms with Crippen LogP contribution in [0.25, 0.3) is 0 Å². The van der Waals surface area contributed by atoms with Crippen LogP contribution in [-0.4, -0.2) is 57.2 Å². The molecule has 2 aromatic rings. The highest BCUT2D eigenvalue weighted by Gasteiger charge is 2.17. The van der Waals surface area contributed by atoms with Gasteiger partial charge in [-0.05, 0) is 42.5 Å². The minimum absolute atomic E-state index is 0.235. The Hall–Kier alpha value is -2.60. The molecule has 0 aliphatic carbocycles. The van der Waals surface area contributed by atoms with Gasteiger partial charge in [0.2, 0.25) is 0 Å². The molecule has 0 saturated carbocycles. The highest BCUT2D eigenvalue weighted by atomic mass is 19.1. The smallest absolute Gasteiger partial charge is 0.251 e. The van der Waals surface area contributed by atoms with Crippen molar-refractivity contribution in [3.05, 3.63) is 59.9 Å². The molecule has 0 unspecified atom stereocenters. The first-order chi connectivity index (χ1) is 12.7. The standard InChI is InChI=1S/C20H24FN3O2/c1-26-19-7-5-18(6-8-19)24-13-11-23(12-14-24)10-9-22-20(25)16-3-2-4-17(21)15-16/h2-8,15H,9-14H2,1H3,(H,22,25). The Morgan fingerprint density at radius 2 is 1.85 bits per heavy atom. The highest BCUT2D eigenvalue weighted by molar-refractivity contribution is 5.94. The van der Waals surface area contributed by atoms with E-state index >= 15 is 0 Å². The van der Waals surface area contributed by atoms with Crippen LogP contribution in [-0.2, 0) is 0 Å². The molecule has 1 aliphatic heterocycles. The van der Waals surface area contributed by atoms with E-state index in [2.05, 4.69) is 27.2 Å². The lowest BCUT2D eigenvalue weighted by Gasteiger charge is -2.36. The predicted octanol–water partition coefficient (Wildman–Crippen LogP) is 2.39. The Morgan fingerprint density at radius 1 is 1.12 bits per heavy atom. The fraction of sp³-hybridized carbons (Fsp3) is 0.350. The molecule has 3 rings (SSSR count). The minimum Gasteiger partial charge on any atom is -0.497 e. The lowest BCUT2D eigenvalue weighted by Crippen LogP contribution is -2.48. The van der Waals surface area contributed by atoms with Crippen LogP contribution in [0.3, 0.4) is 0 Å². The van der Waals surface area contributed by atoms with Gasteiger partial charge in [0.1, 0.15) is 11.6 Å². The second-order valence-electron chi connectivity index (χ2n) is 6.29. The molecule has 0 spiro atoms. The third kappa shape index (κ3) is 4.73. The SMILES string of the molecule is COc1ccc(N2CCN(CCNC(=O)c3cccc(F)c3)CC2)cc1. The molecule has 1 fully saturated rings. The number of nitrogens with one attached hydrogen (secondary N) is 1.